The van der Waals surface area contributed by atoms with E-state index in [1.54, 1.807) is 12.1 Å². The molecule has 0 N–H and O–H groups in total. The van der Waals surface area contributed by atoms with Gasteiger partial charge in [0.1, 0.15) is 0 Å². The molecule has 98 valence electrons. The monoisotopic (exact) mass is 256 g/mol. The molecule has 1 nitrogen and oxygen atoms in total. The van der Waals surface area contributed by atoms with Gasteiger partial charge in [0, 0.05) is 0 Å². The number of methoxy groups -OCH3 is 1. The van der Waals surface area contributed by atoms with E-state index in [9.17, 15) is 4.39 Å². The first-order valence-corrected chi connectivity index (χ1v) is 6.68. The molecular weight excluding hydrogens is 239 g/mol. The summed E-state index contributed by atoms with van der Waals surface area (Å²) < 4.78 is 18.7. The largest absolute Gasteiger partial charge is 0.494 e. The van der Waals surface area contributed by atoms with Crippen molar-refractivity contribution in [1.82, 2.24) is 0 Å². The average molecular weight is 256 g/mol. The molecule has 2 heteroatoms. The van der Waals surface area contributed by atoms with Crippen LogP contribution in [-0.2, 0) is 12.8 Å². The Morgan fingerprint density at radius 2 is 1.89 bits per heavy atom. The fourth-order valence-corrected chi connectivity index (χ4v) is 2.92. The maximum absolute atomic E-state index is 13.8. The summed E-state index contributed by atoms with van der Waals surface area (Å²) >= 11 is 0. The van der Waals surface area contributed by atoms with Crippen molar-refractivity contribution in [2.75, 3.05) is 7.11 Å². The minimum atomic E-state index is -0.265. The summed E-state index contributed by atoms with van der Waals surface area (Å²) in [7, 11) is 1.49. The fourth-order valence-electron chi connectivity index (χ4n) is 2.92. The predicted molar refractivity (Wildman–Crippen MR) is 74.2 cm³/mol. The van der Waals surface area contributed by atoms with Gasteiger partial charge < -0.3 is 4.74 Å². The summed E-state index contributed by atoms with van der Waals surface area (Å²) in [5.74, 6) is 0.467. The molecule has 0 fully saturated rings. The topological polar surface area (TPSA) is 9.23 Å². The summed E-state index contributed by atoms with van der Waals surface area (Å²) in [6, 6.07) is 13.9. The third kappa shape index (κ3) is 2.35. The molecule has 0 saturated carbocycles. The summed E-state index contributed by atoms with van der Waals surface area (Å²) in [6.07, 6.45) is 3.17. The molecule has 0 radical (unpaired) electrons. The van der Waals surface area contributed by atoms with E-state index in [1.165, 1.54) is 18.2 Å². The lowest BCUT2D eigenvalue weighted by Crippen LogP contribution is -2.12. The van der Waals surface area contributed by atoms with Crippen molar-refractivity contribution in [3.8, 4) is 5.75 Å². The highest BCUT2D eigenvalue weighted by Crippen LogP contribution is 2.34. The zero-order chi connectivity index (χ0) is 13.2. The van der Waals surface area contributed by atoms with E-state index < -0.39 is 0 Å². The molecule has 19 heavy (non-hydrogen) atoms. The quantitative estimate of drug-likeness (QED) is 0.785. The number of benzene rings is 2. The Hall–Kier alpha value is -1.83. The number of rotatable bonds is 2. The van der Waals surface area contributed by atoms with Crippen LogP contribution in [-0.4, -0.2) is 7.11 Å². The van der Waals surface area contributed by atoms with Crippen LogP contribution in [0.2, 0.25) is 0 Å². The van der Waals surface area contributed by atoms with Crippen molar-refractivity contribution in [2.45, 2.75) is 25.2 Å². The van der Waals surface area contributed by atoms with Crippen molar-refractivity contribution in [2.24, 2.45) is 0 Å². The first kappa shape index (κ1) is 12.2. The van der Waals surface area contributed by atoms with Crippen LogP contribution in [0.5, 0.6) is 5.75 Å². The second-order valence-corrected chi connectivity index (χ2v) is 5.10. The predicted octanol–water partition coefficient (Wildman–Crippen LogP) is 4.11. The van der Waals surface area contributed by atoms with Gasteiger partial charge in [0.2, 0.25) is 0 Å². The van der Waals surface area contributed by atoms with Crippen molar-refractivity contribution in [3.05, 3.63) is 65.0 Å². The van der Waals surface area contributed by atoms with Crippen LogP contribution in [0.15, 0.2) is 42.5 Å². The smallest absolute Gasteiger partial charge is 0.165 e. The molecule has 1 aliphatic carbocycles. The van der Waals surface area contributed by atoms with E-state index in [1.807, 2.05) is 6.07 Å². The summed E-state index contributed by atoms with van der Waals surface area (Å²) in [6.45, 7) is 0. The van der Waals surface area contributed by atoms with Crippen LogP contribution in [0.3, 0.4) is 0 Å². The van der Waals surface area contributed by atoms with Crippen molar-refractivity contribution in [1.29, 1.82) is 0 Å². The number of hydrogen-bond donors (Lipinski definition) is 0. The van der Waals surface area contributed by atoms with Crippen LogP contribution in [0.1, 0.15) is 29.0 Å². The van der Waals surface area contributed by atoms with Gasteiger partial charge in [-0.25, -0.2) is 4.39 Å². The number of fused-ring (bicyclic) bond motifs is 1. The third-order valence-corrected chi connectivity index (χ3v) is 3.99. The maximum Gasteiger partial charge on any atom is 0.165 e. The van der Waals surface area contributed by atoms with Crippen molar-refractivity contribution in [3.63, 3.8) is 0 Å². The lowest BCUT2D eigenvalue weighted by Gasteiger charge is -2.25. The molecule has 1 atom stereocenters. The summed E-state index contributed by atoms with van der Waals surface area (Å²) in [5.41, 5.74) is 3.91. The molecular formula is C17H17FO. The maximum atomic E-state index is 13.8. The number of aryl methyl sites for hydroxylation is 1. The van der Waals surface area contributed by atoms with Gasteiger partial charge in [0.25, 0.3) is 0 Å². The minimum Gasteiger partial charge on any atom is -0.494 e. The van der Waals surface area contributed by atoms with Crippen LogP contribution in [0.25, 0.3) is 0 Å². The zero-order valence-electron chi connectivity index (χ0n) is 11.0. The molecule has 1 aliphatic rings. The van der Waals surface area contributed by atoms with Gasteiger partial charge in [-0.15, -0.1) is 0 Å². The van der Waals surface area contributed by atoms with Crippen LogP contribution < -0.4 is 4.74 Å². The van der Waals surface area contributed by atoms with Gasteiger partial charge in [-0.2, -0.15) is 0 Å². The molecule has 0 aromatic heterocycles. The first-order chi connectivity index (χ1) is 9.28. The highest BCUT2D eigenvalue weighted by molar-refractivity contribution is 5.36. The third-order valence-electron chi connectivity index (χ3n) is 3.99. The number of ether oxygens (including phenoxy) is 1. The SMILES string of the molecule is COc1ccc(C2CCc3ccccc3C2)cc1F. The summed E-state index contributed by atoms with van der Waals surface area (Å²) in [5, 5.41) is 0. The first-order valence-electron chi connectivity index (χ1n) is 6.68. The lowest BCUT2D eigenvalue weighted by molar-refractivity contribution is 0.385. The Labute approximate surface area is 113 Å². The van der Waals surface area contributed by atoms with Gasteiger partial charge in [-0.1, -0.05) is 30.3 Å². The highest BCUT2D eigenvalue weighted by Gasteiger charge is 2.20. The molecule has 3 rings (SSSR count). The van der Waals surface area contributed by atoms with Crippen LogP contribution in [0, 0.1) is 5.82 Å². The second kappa shape index (κ2) is 5.04. The normalized spacial score (nSPS) is 17.9. The van der Waals surface area contributed by atoms with Gasteiger partial charge in [-0.3, -0.25) is 0 Å². The fraction of sp³-hybridized carbons (Fsp3) is 0.294. The van der Waals surface area contributed by atoms with Gasteiger partial charge in [0.15, 0.2) is 11.6 Å². The molecule has 2 aromatic rings. The van der Waals surface area contributed by atoms with Crippen molar-refractivity contribution < 1.29 is 9.13 Å². The van der Waals surface area contributed by atoms with Crippen molar-refractivity contribution >= 4 is 0 Å². The van der Waals surface area contributed by atoms with E-state index in [-0.39, 0.29) is 5.82 Å². The van der Waals surface area contributed by atoms with Crippen LogP contribution >= 0.6 is 0 Å². The van der Waals surface area contributed by atoms with E-state index in [0.717, 1.165) is 24.8 Å². The molecule has 0 spiro atoms. The molecule has 0 amide bonds. The molecule has 0 bridgehead atoms. The van der Waals surface area contributed by atoms with E-state index in [0.29, 0.717) is 11.7 Å². The second-order valence-electron chi connectivity index (χ2n) is 5.10. The molecule has 1 unspecified atom stereocenters. The van der Waals surface area contributed by atoms with E-state index in [4.69, 9.17) is 4.74 Å². The number of hydrogen-bond acceptors (Lipinski definition) is 1. The van der Waals surface area contributed by atoms with Gasteiger partial charge >= 0.3 is 0 Å². The molecule has 0 saturated heterocycles. The Morgan fingerprint density at radius 3 is 2.63 bits per heavy atom. The Kier molecular flexibility index (Phi) is 3.24. The Morgan fingerprint density at radius 1 is 1.11 bits per heavy atom. The standard InChI is InChI=1S/C17H17FO/c1-19-17-9-8-15(11-16(17)18)14-7-6-12-4-2-3-5-13(12)10-14/h2-5,8-9,11,14H,6-7,10H2,1H3. The molecule has 0 heterocycles. The average Bonchev–Trinajstić information content (AvgIpc) is 2.46. The van der Waals surface area contributed by atoms with E-state index >= 15 is 0 Å². The minimum absolute atomic E-state index is 0.265. The summed E-state index contributed by atoms with van der Waals surface area (Å²) in [4.78, 5) is 0. The Balaban J connectivity index is 1.87. The lowest BCUT2D eigenvalue weighted by atomic mass is 9.80. The Bertz CT molecular complexity index is 592. The van der Waals surface area contributed by atoms with Gasteiger partial charge in [0.05, 0.1) is 7.11 Å². The van der Waals surface area contributed by atoms with E-state index in [2.05, 4.69) is 24.3 Å². The number of halogens is 1. The highest BCUT2D eigenvalue weighted by atomic mass is 19.1. The molecule has 0 aliphatic heterocycles. The molecule has 2 aromatic carbocycles. The van der Waals surface area contributed by atoms with Crippen LogP contribution in [0.4, 0.5) is 4.39 Å². The zero-order valence-corrected chi connectivity index (χ0v) is 11.0. The van der Waals surface area contributed by atoms with Gasteiger partial charge in [-0.05, 0) is 54.0 Å².